The third kappa shape index (κ3) is 4.66. The van der Waals surface area contributed by atoms with Crippen LogP contribution in [-0.2, 0) is 0 Å². The first-order valence-electron chi connectivity index (χ1n) is 2.84. The first kappa shape index (κ1) is 9.17. The van der Waals surface area contributed by atoms with Gasteiger partial charge in [-0.15, -0.1) is 0 Å². The molecule has 2 N–H and O–H groups in total. The van der Waals surface area contributed by atoms with Crippen molar-refractivity contribution >= 4 is 0 Å². The fourth-order valence-corrected chi connectivity index (χ4v) is 1.43. The molecule has 0 rings (SSSR count). The molecule has 0 aromatic rings. The molecule has 1 atom stereocenters. The van der Waals surface area contributed by atoms with Crippen LogP contribution in [0.25, 0.3) is 0 Å². The standard InChI is InChI=1S/C7H13IN/c1-4-6(2)5-7(3)8-9/h4,6H,1,3,5,9H2,2H3/q-1/t6-/m0/s1. The van der Waals surface area contributed by atoms with Crippen molar-refractivity contribution in [3.8, 4) is 0 Å². The molecular weight excluding hydrogens is 225 g/mol. The van der Waals surface area contributed by atoms with E-state index in [1.54, 1.807) is 0 Å². The van der Waals surface area contributed by atoms with E-state index in [1.807, 2.05) is 6.08 Å². The van der Waals surface area contributed by atoms with Crippen LogP contribution in [0.15, 0.2) is 22.8 Å². The molecule has 0 saturated carbocycles. The number of hydrogen-bond donors (Lipinski definition) is 1. The van der Waals surface area contributed by atoms with Crippen molar-refractivity contribution in [2.75, 3.05) is 0 Å². The fourth-order valence-electron chi connectivity index (χ4n) is 0.477. The van der Waals surface area contributed by atoms with Crippen molar-refractivity contribution in [2.24, 2.45) is 9.86 Å². The van der Waals surface area contributed by atoms with Crippen LogP contribution < -0.4 is 25.4 Å². The summed E-state index contributed by atoms with van der Waals surface area (Å²) in [6, 6.07) is 0. The quantitative estimate of drug-likeness (QED) is 0.367. The Labute approximate surface area is 67.6 Å². The van der Waals surface area contributed by atoms with Gasteiger partial charge in [-0.1, -0.05) is 0 Å². The van der Waals surface area contributed by atoms with Gasteiger partial charge in [0.25, 0.3) is 0 Å². The summed E-state index contributed by atoms with van der Waals surface area (Å²) in [6.45, 7) is 9.64. The van der Waals surface area contributed by atoms with Crippen molar-refractivity contribution in [2.45, 2.75) is 13.3 Å². The van der Waals surface area contributed by atoms with Crippen LogP contribution in [0.3, 0.4) is 0 Å². The average Bonchev–Trinajstić information content (AvgIpc) is 1.87. The molecule has 0 saturated heterocycles. The molecule has 0 fully saturated rings. The third-order valence-corrected chi connectivity index (χ3v) is 2.42. The Hall–Kier alpha value is 0.170. The normalized spacial score (nSPS) is 13.1. The van der Waals surface area contributed by atoms with E-state index < -0.39 is 0 Å². The molecule has 1 nitrogen and oxygen atoms in total. The van der Waals surface area contributed by atoms with Gasteiger partial charge in [0.15, 0.2) is 0 Å². The topological polar surface area (TPSA) is 26.0 Å². The first-order chi connectivity index (χ1) is 4.20. The van der Waals surface area contributed by atoms with Gasteiger partial charge < -0.3 is 0 Å². The number of hydrogen-bond acceptors (Lipinski definition) is 1. The van der Waals surface area contributed by atoms with E-state index in [-0.39, 0.29) is 21.5 Å². The molecule has 0 aliphatic heterocycles. The summed E-state index contributed by atoms with van der Waals surface area (Å²) in [7, 11) is 0. The van der Waals surface area contributed by atoms with Crippen LogP contribution in [-0.4, -0.2) is 0 Å². The van der Waals surface area contributed by atoms with E-state index in [1.165, 1.54) is 3.58 Å². The van der Waals surface area contributed by atoms with Crippen molar-refractivity contribution in [1.29, 1.82) is 0 Å². The Balaban J connectivity index is 3.46. The van der Waals surface area contributed by atoms with Crippen molar-refractivity contribution in [3.05, 3.63) is 22.8 Å². The zero-order chi connectivity index (χ0) is 7.28. The zero-order valence-corrected chi connectivity index (χ0v) is 7.89. The van der Waals surface area contributed by atoms with Crippen LogP contribution in [0.4, 0.5) is 0 Å². The minimum atomic E-state index is -0.237. The molecular formula is C7H13IN-. The molecule has 0 aliphatic carbocycles. The van der Waals surface area contributed by atoms with Gasteiger partial charge in [-0.2, -0.15) is 0 Å². The average molecular weight is 238 g/mol. The van der Waals surface area contributed by atoms with Gasteiger partial charge in [0, 0.05) is 0 Å². The summed E-state index contributed by atoms with van der Waals surface area (Å²) in [5, 5.41) is 0. The zero-order valence-electron chi connectivity index (χ0n) is 5.73. The van der Waals surface area contributed by atoms with Crippen LogP contribution >= 0.6 is 0 Å². The van der Waals surface area contributed by atoms with E-state index >= 15 is 0 Å². The summed E-state index contributed by atoms with van der Waals surface area (Å²) >= 11 is -0.237. The van der Waals surface area contributed by atoms with E-state index in [0.29, 0.717) is 5.92 Å². The molecule has 54 valence electrons. The van der Waals surface area contributed by atoms with Gasteiger partial charge in [-0.05, 0) is 0 Å². The third-order valence-electron chi connectivity index (χ3n) is 1.10. The molecule has 0 aliphatic rings. The second kappa shape index (κ2) is 4.99. The van der Waals surface area contributed by atoms with Gasteiger partial charge in [-0.3, -0.25) is 0 Å². The molecule has 0 unspecified atom stereocenters. The summed E-state index contributed by atoms with van der Waals surface area (Å²) in [5.74, 6) is 0.542. The van der Waals surface area contributed by atoms with E-state index in [2.05, 4.69) is 20.1 Å². The molecule has 0 spiro atoms. The van der Waals surface area contributed by atoms with E-state index in [4.69, 9.17) is 3.95 Å². The maximum absolute atomic E-state index is 5.45. The summed E-state index contributed by atoms with van der Waals surface area (Å²) in [4.78, 5) is 0. The van der Waals surface area contributed by atoms with E-state index in [0.717, 1.165) is 6.42 Å². The van der Waals surface area contributed by atoms with Crippen molar-refractivity contribution < 1.29 is 21.5 Å². The fraction of sp³-hybridized carbons (Fsp3) is 0.429. The van der Waals surface area contributed by atoms with Crippen molar-refractivity contribution in [1.82, 2.24) is 0 Å². The summed E-state index contributed by atoms with van der Waals surface area (Å²) < 4.78 is 6.66. The monoisotopic (exact) mass is 238 g/mol. The molecule has 0 amide bonds. The molecule has 0 bridgehead atoms. The number of rotatable bonds is 4. The Bertz CT molecular complexity index is 109. The van der Waals surface area contributed by atoms with Crippen LogP contribution in [0, 0.1) is 5.92 Å². The van der Waals surface area contributed by atoms with Gasteiger partial charge in [0.1, 0.15) is 0 Å². The van der Waals surface area contributed by atoms with Crippen LogP contribution in [0.2, 0.25) is 0 Å². The molecule has 2 heteroatoms. The van der Waals surface area contributed by atoms with Gasteiger partial charge in [0.05, 0.1) is 0 Å². The maximum atomic E-state index is 5.45. The van der Waals surface area contributed by atoms with Crippen LogP contribution in [0.5, 0.6) is 0 Å². The van der Waals surface area contributed by atoms with Gasteiger partial charge >= 0.3 is 67.5 Å². The van der Waals surface area contributed by atoms with Gasteiger partial charge in [-0.25, -0.2) is 0 Å². The second-order valence-corrected chi connectivity index (χ2v) is 4.19. The number of allylic oxidation sites excluding steroid dienone is 2. The van der Waals surface area contributed by atoms with Gasteiger partial charge in [0.2, 0.25) is 0 Å². The second-order valence-electron chi connectivity index (χ2n) is 2.04. The number of nitrogens with two attached hydrogens (primary N) is 1. The van der Waals surface area contributed by atoms with E-state index in [9.17, 15) is 0 Å². The molecule has 0 heterocycles. The predicted molar refractivity (Wildman–Crippen MR) is 37.3 cm³/mol. The summed E-state index contributed by atoms with van der Waals surface area (Å²) in [5.41, 5.74) is 0. The molecule has 9 heavy (non-hydrogen) atoms. The molecule has 0 radical (unpaired) electrons. The minimum absolute atomic E-state index is 0.237. The SMILES string of the molecule is C=C[C@H](C)CC(=C)[I-]N. The summed E-state index contributed by atoms with van der Waals surface area (Å²) in [6.07, 6.45) is 2.96. The number of halogens is 1. The van der Waals surface area contributed by atoms with Crippen molar-refractivity contribution in [3.63, 3.8) is 0 Å². The molecule has 0 aromatic heterocycles. The predicted octanol–water partition coefficient (Wildman–Crippen LogP) is -1.32. The van der Waals surface area contributed by atoms with Crippen LogP contribution in [0.1, 0.15) is 13.3 Å². The molecule has 0 aromatic carbocycles. The Morgan fingerprint density at radius 2 is 2.44 bits per heavy atom. The Morgan fingerprint density at radius 1 is 1.89 bits per heavy atom. The first-order valence-corrected chi connectivity index (χ1v) is 5.17. The Morgan fingerprint density at radius 3 is 2.78 bits per heavy atom. The Kier molecular flexibility index (Phi) is 5.09.